The number of amides is 2. The van der Waals surface area contributed by atoms with E-state index < -0.39 is 0 Å². The van der Waals surface area contributed by atoms with Crippen molar-refractivity contribution in [3.05, 3.63) is 99.3 Å². The minimum Gasteiger partial charge on any atom is -0.348 e. The Kier molecular flexibility index (Phi) is 6.46. The molecule has 1 aromatic heterocycles. The molecule has 0 aliphatic carbocycles. The third-order valence-electron chi connectivity index (χ3n) is 6.80. The summed E-state index contributed by atoms with van der Waals surface area (Å²) in [6, 6.07) is 21.9. The molecule has 4 aromatic rings. The second-order valence-corrected chi connectivity index (χ2v) is 9.52. The first-order valence-corrected chi connectivity index (χ1v) is 12.3. The SMILES string of the molecule is Cc1ccc(Cn2c(=O)c(N3CCN(C(=O)Nc4cc(C)ccc4C)CC3)nc3ccccc32)cc1. The van der Waals surface area contributed by atoms with Crippen LogP contribution in [-0.4, -0.2) is 46.7 Å². The summed E-state index contributed by atoms with van der Waals surface area (Å²) in [5.41, 5.74) is 6.71. The van der Waals surface area contributed by atoms with Crippen molar-refractivity contribution in [1.82, 2.24) is 14.5 Å². The van der Waals surface area contributed by atoms with E-state index in [1.165, 1.54) is 5.56 Å². The maximum Gasteiger partial charge on any atom is 0.321 e. The van der Waals surface area contributed by atoms with Crippen molar-refractivity contribution in [2.75, 3.05) is 36.4 Å². The van der Waals surface area contributed by atoms with Crippen molar-refractivity contribution in [2.45, 2.75) is 27.3 Å². The topological polar surface area (TPSA) is 70.5 Å². The van der Waals surface area contributed by atoms with E-state index in [0.29, 0.717) is 38.5 Å². The van der Waals surface area contributed by atoms with Gasteiger partial charge in [0.2, 0.25) is 0 Å². The first-order chi connectivity index (χ1) is 17.4. The van der Waals surface area contributed by atoms with E-state index in [4.69, 9.17) is 4.98 Å². The predicted molar refractivity (Wildman–Crippen MR) is 145 cm³/mol. The molecule has 0 radical (unpaired) electrons. The molecule has 7 nitrogen and oxygen atoms in total. The summed E-state index contributed by atoms with van der Waals surface area (Å²) < 4.78 is 1.81. The number of urea groups is 1. The van der Waals surface area contributed by atoms with Gasteiger partial charge in [0.05, 0.1) is 17.6 Å². The lowest BCUT2D eigenvalue weighted by Crippen LogP contribution is -2.51. The molecule has 1 N–H and O–H groups in total. The van der Waals surface area contributed by atoms with Crippen LogP contribution in [0.3, 0.4) is 0 Å². The normalized spacial score (nSPS) is 13.8. The average molecular weight is 482 g/mol. The van der Waals surface area contributed by atoms with Gasteiger partial charge in [0.25, 0.3) is 5.56 Å². The van der Waals surface area contributed by atoms with Gasteiger partial charge in [-0.05, 0) is 55.7 Å². The van der Waals surface area contributed by atoms with Crippen LogP contribution in [-0.2, 0) is 6.54 Å². The molecule has 0 saturated carbocycles. The van der Waals surface area contributed by atoms with Gasteiger partial charge in [-0.2, -0.15) is 0 Å². The molecule has 0 spiro atoms. The Morgan fingerprint density at radius 3 is 2.33 bits per heavy atom. The number of nitrogens with one attached hydrogen (secondary N) is 1. The molecule has 1 aliphatic heterocycles. The van der Waals surface area contributed by atoms with Crippen molar-refractivity contribution in [2.24, 2.45) is 0 Å². The average Bonchev–Trinajstić information content (AvgIpc) is 2.89. The lowest BCUT2D eigenvalue weighted by Gasteiger charge is -2.35. The van der Waals surface area contributed by atoms with Crippen LogP contribution >= 0.6 is 0 Å². The van der Waals surface area contributed by atoms with E-state index in [9.17, 15) is 9.59 Å². The summed E-state index contributed by atoms with van der Waals surface area (Å²) in [7, 11) is 0. The lowest BCUT2D eigenvalue weighted by molar-refractivity contribution is 0.208. The number of hydrogen-bond acceptors (Lipinski definition) is 4. The number of nitrogens with zero attached hydrogens (tertiary/aromatic N) is 4. The van der Waals surface area contributed by atoms with Gasteiger partial charge in [0, 0.05) is 31.9 Å². The van der Waals surface area contributed by atoms with Crippen LogP contribution in [0.1, 0.15) is 22.3 Å². The number of hydrogen-bond donors (Lipinski definition) is 1. The molecule has 2 heterocycles. The molecule has 1 aliphatic rings. The van der Waals surface area contributed by atoms with Crippen LogP contribution in [0.5, 0.6) is 0 Å². The molecule has 36 heavy (non-hydrogen) atoms. The number of carbonyl (C=O) groups is 1. The van der Waals surface area contributed by atoms with Gasteiger partial charge in [0.15, 0.2) is 5.82 Å². The molecule has 7 heteroatoms. The fourth-order valence-electron chi connectivity index (χ4n) is 4.60. The summed E-state index contributed by atoms with van der Waals surface area (Å²) >= 11 is 0. The molecule has 3 aromatic carbocycles. The van der Waals surface area contributed by atoms with Gasteiger partial charge in [-0.1, -0.05) is 54.1 Å². The van der Waals surface area contributed by atoms with Gasteiger partial charge in [-0.15, -0.1) is 0 Å². The minimum absolute atomic E-state index is 0.109. The highest BCUT2D eigenvalue weighted by Crippen LogP contribution is 2.20. The number of rotatable bonds is 4. The Morgan fingerprint density at radius 2 is 1.58 bits per heavy atom. The van der Waals surface area contributed by atoms with Crippen molar-refractivity contribution in [3.63, 3.8) is 0 Å². The predicted octanol–water partition coefficient (Wildman–Crippen LogP) is 4.72. The summed E-state index contributed by atoms with van der Waals surface area (Å²) in [6.07, 6.45) is 0. The first-order valence-electron chi connectivity index (χ1n) is 12.3. The Labute approximate surface area is 211 Å². The van der Waals surface area contributed by atoms with Gasteiger partial charge in [-0.25, -0.2) is 9.78 Å². The van der Waals surface area contributed by atoms with Gasteiger partial charge in [0.1, 0.15) is 0 Å². The zero-order chi connectivity index (χ0) is 25.2. The number of piperazine rings is 1. The van der Waals surface area contributed by atoms with Crippen LogP contribution in [0.15, 0.2) is 71.5 Å². The zero-order valence-electron chi connectivity index (χ0n) is 21.0. The second-order valence-electron chi connectivity index (χ2n) is 9.52. The molecule has 0 unspecified atom stereocenters. The van der Waals surface area contributed by atoms with Crippen LogP contribution in [0.4, 0.5) is 16.3 Å². The smallest absolute Gasteiger partial charge is 0.321 e. The van der Waals surface area contributed by atoms with E-state index in [-0.39, 0.29) is 11.6 Å². The van der Waals surface area contributed by atoms with Crippen LogP contribution in [0.25, 0.3) is 11.0 Å². The number of aryl methyl sites for hydroxylation is 3. The molecule has 1 saturated heterocycles. The molecule has 1 fully saturated rings. The number of carbonyl (C=O) groups excluding carboxylic acids is 1. The van der Waals surface area contributed by atoms with E-state index in [1.807, 2.05) is 65.8 Å². The second kappa shape index (κ2) is 9.85. The Hall–Kier alpha value is -4.13. The number of para-hydroxylation sites is 2. The third-order valence-corrected chi connectivity index (χ3v) is 6.80. The van der Waals surface area contributed by atoms with Crippen molar-refractivity contribution in [1.29, 1.82) is 0 Å². The highest BCUT2D eigenvalue weighted by Gasteiger charge is 2.25. The maximum atomic E-state index is 13.6. The largest absolute Gasteiger partial charge is 0.348 e. The van der Waals surface area contributed by atoms with Crippen LogP contribution < -0.4 is 15.8 Å². The molecule has 184 valence electrons. The van der Waals surface area contributed by atoms with Crippen molar-refractivity contribution >= 4 is 28.6 Å². The number of aromatic nitrogens is 2. The quantitative estimate of drug-likeness (QED) is 0.458. The fourth-order valence-corrected chi connectivity index (χ4v) is 4.60. The molecule has 0 bridgehead atoms. The van der Waals surface area contributed by atoms with Crippen molar-refractivity contribution in [3.8, 4) is 0 Å². The molecular formula is C29H31N5O2. The number of benzene rings is 3. The summed E-state index contributed by atoms with van der Waals surface area (Å²) in [5.74, 6) is 0.440. The Balaban J connectivity index is 1.36. The van der Waals surface area contributed by atoms with E-state index in [0.717, 1.165) is 33.4 Å². The minimum atomic E-state index is -0.119. The zero-order valence-corrected chi connectivity index (χ0v) is 21.0. The Bertz CT molecular complexity index is 1470. The Morgan fingerprint density at radius 1 is 0.889 bits per heavy atom. The van der Waals surface area contributed by atoms with Crippen molar-refractivity contribution < 1.29 is 4.79 Å². The van der Waals surface area contributed by atoms with Gasteiger partial charge in [-0.3, -0.25) is 9.36 Å². The summed E-state index contributed by atoms with van der Waals surface area (Å²) in [4.78, 5) is 35.1. The van der Waals surface area contributed by atoms with Crippen LogP contribution in [0.2, 0.25) is 0 Å². The molecule has 0 atom stereocenters. The molecule has 5 rings (SSSR count). The highest BCUT2D eigenvalue weighted by molar-refractivity contribution is 5.90. The van der Waals surface area contributed by atoms with Crippen LogP contribution in [0, 0.1) is 20.8 Å². The number of anilines is 2. The lowest BCUT2D eigenvalue weighted by atomic mass is 10.1. The van der Waals surface area contributed by atoms with E-state index in [1.54, 1.807) is 4.90 Å². The molecular weight excluding hydrogens is 450 g/mol. The van der Waals surface area contributed by atoms with E-state index in [2.05, 4.69) is 36.5 Å². The number of fused-ring (bicyclic) bond motifs is 1. The monoisotopic (exact) mass is 481 g/mol. The summed E-state index contributed by atoms with van der Waals surface area (Å²) in [6.45, 7) is 8.66. The summed E-state index contributed by atoms with van der Waals surface area (Å²) in [5, 5.41) is 3.04. The maximum absolute atomic E-state index is 13.6. The van der Waals surface area contributed by atoms with E-state index >= 15 is 0 Å². The third kappa shape index (κ3) is 4.82. The standard InChI is InChI=1S/C29H31N5O2/c1-20-9-12-23(13-10-20)19-34-26-7-5-4-6-24(26)30-27(28(34)35)32-14-16-33(17-15-32)29(36)31-25-18-21(2)8-11-22(25)3/h4-13,18H,14-17,19H2,1-3H3,(H,31,36). The molecule has 2 amide bonds. The van der Waals surface area contributed by atoms with Gasteiger partial charge < -0.3 is 15.1 Å². The highest BCUT2D eigenvalue weighted by atomic mass is 16.2. The fraction of sp³-hybridized carbons (Fsp3) is 0.276. The van der Waals surface area contributed by atoms with Gasteiger partial charge >= 0.3 is 6.03 Å². The first kappa shape index (κ1) is 23.6.